The summed E-state index contributed by atoms with van der Waals surface area (Å²) in [5.74, 6) is 0.161. The molecule has 0 radical (unpaired) electrons. The van der Waals surface area contributed by atoms with Crippen molar-refractivity contribution in [3.05, 3.63) is 52.8 Å². The zero-order valence-electron chi connectivity index (χ0n) is 10.7. The highest BCUT2D eigenvalue weighted by molar-refractivity contribution is 6.29. The normalized spacial score (nSPS) is 10.5. The van der Waals surface area contributed by atoms with Gasteiger partial charge in [-0.25, -0.2) is 0 Å². The van der Waals surface area contributed by atoms with Crippen LogP contribution in [0.5, 0.6) is 0 Å². The van der Waals surface area contributed by atoms with Crippen molar-refractivity contribution in [1.29, 1.82) is 0 Å². The van der Waals surface area contributed by atoms with Crippen molar-refractivity contribution in [3.8, 4) is 0 Å². The number of carbonyl (C=O) groups excluding carboxylic acids is 1. The number of carbonyl (C=O) groups is 1. The Balaban J connectivity index is 2.08. The minimum Gasteiger partial charge on any atom is -0.321 e. The molecular formula is C14H14ClN3O. The summed E-state index contributed by atoms with van der Waals surface area (Å²) in [6.07, 6.45) is 0. The Morgan fingerprint density at radius 1 is 1.11 bits per heavy atom. The SMILES string of the molecule is CC(C)c1ccc(NC(=O)c2ccc(Cl)nn2)cc1. The Labute approximate surface area is 116 Å². The molecule has 5 heteroatoms. The van der Waals surface area contributed by atoms with Crippen LogP contribution in [0.3, 0.4) is 0 Å². The number of rotatable bonds is 3. The van der Waals surface area contributed by atoms with E-state index >= 15 is 0 Å². The quantitative estimate of drug-likeness (QED) is 0.933. The average Bonchev–Trinajstić information content (AvgIpc) is 2.40. The lowest BCUT2D eigenvalue weighted by molar-refractivity contribution is 0.102. The molecule has 98 valence electrons. The number of hydrogen-bond acceptors (Lipinski definition) is 3. The van der Waals surface area contributed by atoms with Crippen molar-refractivity contribution in [2.75, 3.05) is 5.32 Å². The van der Waals surface area contributed by atoms with Crippen LogP contribution in [0.25, 0.3) is 0 Å². The van der Waals surface area contributed by atoms with Gasteiger partial charge in [0.15, 0.2) is 10.8 Å². The topological polar surface area (TPSA) is 54.9 Å². The van der Waals surface area contributed by atoms with Crippen LogP contribution >= 0.6 is 11.6 Å². The van der Waals surface area contributed by atoms with Gasteiger partial charge >= 0.3 is 0 Å². The molecule has 1 amide bonds. The van der Waals surface area contributed by atoms with Crippen molar-refractivity contribution in [3.63, 3.8) is 0 Å². The van der Waals surface area contributed by atoms with Gasteiger partial charge in [0.1, 0.15) is 0 Å². The summed E-state index contributed by atoms with van der Waals surface area (Å²) in [5, 5.41) is 10.4. The first-order valence-electron chi connectivity index (χ1n) is 5.97. The molecule has 0 bridgehead atoms. The van der Waals surface area contributed by atoms with E-state index in [1.54, 1.807) is 0 Å². The number of nitrogens with zero attached hydrogens (tertiary/aromatic N) is 2. The van der Waals surface area contributed by atoms with Gasteiger partial charge in [-0.2, -0.15) is 0 Å². The highest BCUT2D eigenvalue weighted by Gasteiger charge is 2.08. The van der Waals surface area contributed by atoms with Crippen LogP contribution in [0.15, 0.2) is 36.4 Å². The fraction of sp³-hybridized carbons (Fsp3) is 0.214. The summed E-state index contributed by atoms with van der Waals surface area (Å²) in [4.78, 5) is 11.9. The van der Waals surface area contributed by atoms with Gasteiger partial charge in [-0.05, 0) is 35.7 Å². The zero-order chi connectivity index (χ0) is 13.8. The maximum atomic E-state index is 11.9. The van der Waals surface area contributed by atoms with Crippen molar-refractivity contribution in [2.24, 2.45) is 0 Å². The highest BCUT2D eigenvalue weighted by Crippen LogP contribution is 2.17. The van der Waals surface area contributed by atoms with Crippen LogP contribution in [-0.4, -0.2) is 16.1 Å². The van der Waals surface area contributed by atoms with E-state index in [1.165, 1.54) is 17.7 Å². The fourth-order valence-electron chi connectivity index (χ4n) is 1.58. The predicted octanol–water partition coefficient (Wildman–Crippen LogP) is 3.51. The Hall–Kier alpha value is -1.94. The van der Waals surface area contributed by atoms with Gasteiger partial charge in [0.05, 0.1) is 0 Å². The number of halogens is 1. The first-order chi connectivity index (χ1) is 9.06. The van der Waals surface area contributed by atoms with Crippen LogP contribution in [-0.2, 0) is 0 Å². The number of hydrogen-bond donors (Lipinski definition) is 1. The molecule has 0 atom stereocenters. The molecule has 1 aromatic carbocycles. The van der Waals surface area contributed by atoms with Crippen LogP contribution in [0.2, 0.25) is 5.15 Å². The first-order valence-corrected chi connectivity index (χ1v) is 6.34. The van der Waals surface area contributed by atoms with Crippen molar-refractivity contribution >= 4 is 23.2 Å². The number of aromatic nitrogens is 2. The van der Waals surface area contributed by atoms with Gasteiger partial charge in [0.25, 0.3) is 5.91 Å². The number of anilines is 1. The Morgan fingerprint density at radius 2 is 1.79 bits per heavy atom. The molecular weight excluding hydrogens is 262 g/mol. The maximum Gasteiger partial charge on any atom is 0.276 e. The summed E-state index contributed by atoms with van der Waals surface area (Å²) < 4.78 is 0. The second-order valence-corrected chi connectivity index (χ2v) is 4.86. The first kappa shape index (κ1) is 13.5. The van der Waals surface area contributed by atoms with E-state index in [0.29, 0.717) is 5.92 Å². The Bertz CT molecular complexity index is 564. The highest BCUT2D eigenvalue weighted by atomic mass is 35.5. The van der Waals surface area contributed by atoms with Crippen LogP contribution in [0, 0.1) is 0 Å². The van der Waals surface area contributed by atoms with Crippen molar-refractivity contribution < 1.29 is 4.79 Å². The molecule has 0 aliphatic heterocycles. The standard InChI is InChI=1S/C14H14ClN3O/c1-9(2)10-3-5-11(6-4-10)16-14(19)12-7-8-13(15)18-17-12/h3-9H,1-2H3,(H,16,19). The van der Waals surface area contributed by atoms with Crippen LogP contribution in [0.4, 0.5) is 5.69 Å². The van der Waals surface area contributed by atoms with E-state index in [2.05, 4.69) is 29.4 Å². The molecule has 2 aromatic rings. The second kappa shape index (κ2) is 5.80. The Morgan fingerprint density at radius 3 is 2.32 bits per heavy atom. The van der Waals surface area contributed by atoms with Crippen molar-refractivity contribution in [1.82, 2.24) is 10.2 Å². The minimum atomic E-state index is -0.304. The molecule has 0 unspecified atom stereocenters. The van der Waals surface area contributed by atoms with E-state index in [-0.39, 0.29) is 16.8 Å². The van der Waals surface area contributed by atoms with E-state index in [1.807, 2.05) is 24.3 Å². The summed E-state index contributed by atoms with van der Waals surface area (Å²) in [6, 6.07) is 10.8. The van der Waals surface area contributed by atoms with Gasteiger partial charge in [-0.1, -0.05) is 37.6 Å². The molecule has 0 fully saturated rings. The van der Waals surface area contributed by atoms with Crippen LogP contribution < -0.4 is 5.32 Å². The molecule has 0 spiro atoms. The van der Waals surface area contributed by atoms with Gasteiger partial charge in [0, 0.05) is 5.69 Å². The number of nitrogens with one attached hydrogen (secondary N) is 1. The van der Waals surface area contributed by atoms with E-state index in [9.17, 15) is 4.79 Å². The molecule has 2 rings (SSSR count). The third-order valence-corrected chi connectivity index (χ3v) is 2.90. The second-order valence-electron chi connectivity index (χ2n) is 4.47. The monoisotopic (exact) mass is 275 g/mol. The molecule has 0 saturated carbocycles. The summed E-state index contributed by atoms with van der Waals surface area (Å²) in [7, 11) is 0. The third kappa shape index (κ3) is 3.51. The van der Waals surface area contributed by atoms with Crippen molar-refractivity contribution in [2.45, 2.75) is 19.8 Å². The fourth-order valence-corrected chi connectivity index (χ4v) is 1.68. The molecule has 1 heterocycles. The summed E-state index contributed by atoms with van der Waals surface area (Å²) in [6.45, 7) is 4.24. The lowest BCUT2D eigenvalue weighted by atomic mass is 10.0. The average molecular weight is 276 g/mol. The maximum absolute atomic E-state index is 11.9. The molecule has 4 nitrogen and oxygen atoms in total. The van der Waals surface area contributed by atoms with Gasteiger partial charge in [0.2, 0.25) is 0 Å². The summed E-state index contributed by atoms with van der Waals surface area (Å²) >= 11 is 5.62. The third-order valence-electron chi connectivity index (χ3n) is 2.70. The molecule has 0 aliphatic carbocycles. The zero-order valence-corrected chi connectivity index (χ0v) is 11.5. The lowest BCUT2D eigenvalue weighted by Crippen LogP contribution is -2.14. The van der Waals surface area contributed by atoms with E-state index in [0.717, 1.165) is 5.69 Å². The van der Waals surface area contributed by atoms with E-state index in [4.69, 9.17) is 11.6 Å². The van der Waals surface area contributed by atoms with E-state index < -0.39 is 0 Å². The number of benzene rings is 1. The minimum absolute atomic E-state index is 0.234. The molecule has 19 heavy (non-hydrogen) atoms. The predicted molar refractivity (Wildman–Crippen MR) is 75.5 cm³/mol. The smallest absolute Gasteiger partial charge is 0.276 e. The molecule has 1 aromatic heterocycles. The molecule has 0 aliphatic rings. The van der Waals surface area contributed by atoms with Gasteiger partial charge in [-0.3, -0.25) is 4.79 Å². The number of amides is 1. The molecule has 0 saturated heterocycles. The van der Waals surface area contributed by atoms with Gasteiger partial charge < -0.3 is 5.32 Å². The Kier molecular flexibility index (Phi) is 4.12. The van der Waals surface area contributed by atoms with Gasteiger partial charge in [-0.15, -0.1) is 10.2 Å². The van der Waals surface area contributed by atoms with Crippen LogP contribution in [0.1, 0.15) is 35.8 Å². The summed E-state index contributed by atoms with van der Waals surface area (Å²) in [5.41, 5.74) is 2.19. The lowest BCUT2D eigenvalue weighted by Gasteiger charge is -2.08. The largest absolute Gasteiger partial charge is 0.321 e. The molecule has 1 N–H and O–H groups in total.